The van der Waals surface area contributed by atoms with Crippen LogP contribution in [0.1, 0.15) is 6.92 Å². The number of aliphatic hydroxyl groups is 4. The summed E-state index contributed by atoms with van der Waals surface area (Å²) in [4.78, 5) is 11.2. The van der Waals surface area contributed by atoms with Gasteiger partial charge in [0.15, 0.2) is 5.78 Å². The van der Waals surface area contributed by atoms with E-state index in [2.05, 4.69) is 15.9 Å². The number of ether oxygens (including phenoxy) is 1. The summed E-state index contributed by atoms with van der Waals surface area (Å²) in [6, 6.07) is 0. The third-order valence-electron chi connectivity index (χ3n) is 2.42. The number of alkyl halides is 1. The van der Waals surface area contributed by atoms with Crippen LogP contribution in [0.2, 0.25) is 0 Å². The van der Waals surface area contributed by atoms with E-state index in [0.717, 1.165) is 6.92 Å². The van der Waals surface area contributed by atoms with E-state index in [1.165, 1.54) is 0 Å². The molecule has 0 radical (unpaired) electrons. The molecule has 4 N–H and O–H groups in total. The molecule has 0 unspecified atom stereocenters. The van der Waals surface area contributed by atoms with Crippen molar-refractivity contribution in [2.75, 3.05) is 6.61 Å². The predicted octanol–water partition coefficient (Wildman–Crippen LogP) is -1.86. The van der Waals surface area contributed by atoms with Gasteiger partial charge in [-0.05, 0) is 22.9 Å². The fourth-order valence-corrected chi connectivity index (χ4v) is 1.93. The molecule has 0 aromatic rings. The topological polar surface area (TPSA) is 107 Å². The van der Waals surface area contributed by atoms with Gasteiger partial charge in [0.25, 0.3) is 0 Å². The van der Waals surface area contributed by atoms with Gasteiger partial charge >= 0.3 is 0 Å². The first-order chi connectivity index (χ1) is 6.84. The van der Waals surface area contributed by atoms with E-state index in [0.29, 0.717) is 0 Å². The number of rotatable bonds is 2. The average Bonchev–Trinajstić information content (AvgIpc) is 2.20. The number of hydrogen-bond acceptors (Lipinski definition) is 6. The van der Waals surface area contributed by atoms with E-state index in [-0.39, 0.29) is 0 Å². The molecule has 0 bridgehead atoms. The molecule has 1 fully saturated rings. The van der Waals surface area contributed by atoms with E-state index >= 15 is 0 Å². The summed E-state index contributed by atoms with van der Waals surface area (Å²) in [5.41, 5.74) is 0. The van der Waals surface area contributed by atoms with Gasteiger partial charge in [0.05, 0.1) is 6.61 Å². The molecule has 5 atom stereocenters. The largest absolute Gasteiger partial charge is 0.394 e. The second-order valence-corrected chi connectivity index (χ2v) is 4.64. The number of Topliss-reactive ketones (excluding diaryl/α,β-unsaturated/α-hetero) is 1. The van der Waals surface area contributed by atoms with Crippen molar-refractivity contribution < 1.29 is 30.0 Å². The number of hydrogen-bond donors (Lipinski definition) is 4. The molecule has 1 heterocycles. The molecule has 0 amide bonds. The Balaban J connectivity index is 2.97. The first-order valence-electron chi connectivity index (χ1n) is 4.37. The second kappa shape index (κ2) is 4.44. The smallest absolute Gasteiger partial charge is 0.209 e. The Kier molecular flexibility index (Phi) is 3.85. The zero-order chi connectivity index (χ0) is 11.8. The quantitative estimate of drug-likeness (QED) is 0.443. The molecule has 0 aromatic carbocycles. The van der Waals surface area contributed by atoms with E-state index < -0.39 is 41.3 Å². The van der Waals surface area contributed by atoms with Gasteiger partial charge in [-0.3, -0.25) is 4.79 Å². The van der Waals surface area contributed by atoms with Gasteiger partial charge < -0.3 is 25.2 Å². The Morgan fingerprint density at radius 2 is 1.93 bits per heavy atom. The zero-order valence-corrected chi connectivity index (χ0v) is 9.59. The highest BCUT2D eigenvalue weighted by atomic mass is 79.9. The number of halogens is 1. The van der Waals surface area contributed by atoms with E-state index in [4.69, 9.17) is 9.84 Å². The third kappa shape index (κ3) is 2.08. The van der Waals surface area contributed by atoms with Crippen LogP contribution in [0, 0.1) is 0 Å². The minimum absolute atomic E-state index is 0.556. The first kappa shape index (κ1) is 13.0. The maximum Gasteiger partial charge on any atom is 0.209 e. The monoisotopic (exact) mass is 284 g/mol. The predicted molar refractivity (Wildman–Crippen MR) is 52.3 cm³/mol. The Morgan fingerprint density at radius 1 is 1.40 bits per heavy atom. The van der Waals surface area contributed by atoms with Crippen LogP contribution in [0.25, 0.3) is 0 Å². The lowest BCUT2D eigenvalue weighted by atomic mass is 9.93. The maximum atomic E-state index is 11.2. The molecular formula is C8H13BrO6. The van der Waals surface area contributed by atoms with Crippen molar-refractivity contribution in [1.82, 2.24) is 0 Å². The van der Waals surface area contributed by atoms with Crippen molar-refractivity contribution in [3.05, 3.63) is 0 Å². The molecule has 0 saturated carbocycles. The Hall–Kier alpha value is -0.0500. The zero-order valence-electron chi connectivity index (χ0n) is 8.00. The molecule has 0 aliphatic carbocycles. The van der Waals surface area contributed by atoms with Crippen LogP contribution in [-0.2, 0) is 9.53 Å². The Labute approximate surface area is 94.6 Å². The standard InChI is InChI=1S/C8H13BrO6/c1-3(11)8(9)7(14)6(13)5(12)4(2-10)15-8/h4-7,10,12-14H,2H2,1H3/t4-,5+,6+,7-,8+/m1/s1. The highest BCUT2D eigenvalue weighted by Crippen LogP contribution is 2.35. The van der Waals surface area contributed by atoms with E-state index in [9.17, 15) is 20.1 Å². The van der Waals surface area contributed by atoms with Crippen molar-refractivity contribution >= 4 is 21.7 Å². The summed E-state index contributed by atoms with van der Waals surface area (Å²) in [6.45, 7) is 0.600. The minimum Gasteiger partial charge on any atom is -0.394 e. The fraction of sp³-hybridized carbons (Fsp3) is 0.875. The van der Waals surface area contributed by atoms with Crippen LogP contribution >= 0.6 is 15.9 Å². The van der Waals surface area contributed by atoms with Gasteiger partial charge in [0.2, 0.25) is 4.51 Å². The normalized spacial score (nSPS) is 46.5. The summed E-state index contributed by atoms with van der Waals surface area (Å²) in [6.07, 6.45) is -5.70. The first-order valence-corrected chi connectivity index (χ1v) is 5.16. The Bertz CT molecular complexity index is 258. The van der Waals surface area contributed by atoms with Gasteiger partial charge in [-0.1, -0.05) is 0 Å². The number of carbonyl (C=O) groups is 1. The molecule has 15 heavy (non-hydrogen) atoms. The summed E-state index contributed by atoms with van der Waals surface area (Å²) < 4.78 is 3.26. The van der Waals surface area contributed by atoms with Gasteiger partial charge in [0.1, 0.15) is 24.4 Å². The van der Waals surface area contributed by atoms with Crippen LogP contribution in [0.3, 0.4) is 0 Å². The highest BCUT2D eigenvalue weighted by Gasteiger charge is 2.54. The summed E-state index contributed by atoms with van der Waals surface area (Å²) in [5.74, 6) is -0.556. The number of ketones is 1. The van der Waals surface area contributed by atoms with Crippen molar-refractivity contribution in [3.63, 3.8) is 0 Å². The van der Waals surface area contributed by atoms with Gasteiger partial charge in [0, 0.05) is 0 Å². The van der Waals surface area contributed by atoms with E-state index in [1.807, 2.05) is 0 Å². The summed E-state index contributed by atoms with van der Waals surface area (Å²) in [5, 5.41) is 37.3. The van der Waals surface area contributed by atoms with Crippen molar-refractivity contribution in [3.8, 4) is 0 Å². The average molecular weight is 285 g/mol. The number of carbonyl (C=O) groups excluding carboxylic acids is 1. The molecular weight excluding hydrogens is 272 g/mol. The van der Waals surface area contributed by atoms with Crippen LogP contribution in [0.15, 0.2) is 0 Å². The molecule has 1 aliphatic rings. The highest BCUT2D eigenvalue weighted by molar-refractivity contribution is 9.10. The summed E-state index contributed by atoms with van der Waals surface area (Å²) in [7, 11) is 0. The van der Waals surface area contributed by atoms with Gasteiger partial charge in [-0.15, -0.1) is 0 Å². The molecule has 0 aromatic heterocycles. The lowest BCUT2D eigenvalue weighted by Crippen LogP contribution is -2.64. The molecule has 0 spiro atoms. The molecule has 6 nitrogen and oxygen atoms in total. The minimum atomic E-state index is -1.78. The maximum absolute atomic E-state index is 11.2. The van der Waals surface area contributed by atoms with Crippen LogP contribution in [-0.4, -0.2) is 61.7 Å². The molecule has 88 valence electrons. The van der Waals surface area contributed by atoms with Crippen LogP contribution in [0.5, 0.6) is 0 Å². The lowest BCUT2D eigenvalue weighted by molar-refractivity contribution is -0.234. The Morgan fingerprint density at radius 3 is 2.33 bits per heavy atom. The van der Waals surface area contributed by atoms with Crippen molar-refractivity contribution in [2.24, 2.45) is 0 Å². The van der Waals surface area contributed by atoms with Crippen LogP contribution < -0.4 is 0 Å². The van der Waals surface area contributed by atoms with Gasteiger partial charge in [-0.25, -0.2) is 0 Å². The van der Waals surface area contributed by atoms with Crippen molar-refractivity contribution in [2.45, 2.75) is 35.8 Å². The van der Waals surface area contributed by atoms with Crippen LogP contribution in [0.4, 0.5) is 0 Å². The third-order valence-corrected chi connectivity index (χ3v) is 3.63. The molecule has 7 heteroatoms. The fourth-order valence-electron chi connectivity index (χ4n) is 1.42. The molecule has 1 rings (SSSR count). The van der Waals surface area contributed by atoms with Gasteiger partial charge in [-0.2, -0.15) is 0 Å². The van der Waals surface area contributed by atoms with Crippen molar-refractivity contribution in [1.29, 1.82) is 0 Å². The SMILES string of the molecule is CC(=O)[C@]1(Br)O[C@H](CO)[C@H](O)[C@H](O)[C@H]1O. The molecule has 1 aliphatic heterocycles. The summed E-state index contributed by atoms with van der Waals surface area (Å²) >= 11 is 2.87. The van der Waals surface area contributed by atoms with E-state index in [1.54, 1.807) is 0 Å². The second-order valence-electron chi connectivity index (χ2n) is 3.47. The lowest BCUT2D eigenvalue weighted by Gasteiger charge is -2.43. The number of aliphatic hydroxyl groups excluding tert-OH is 4. The molecule has 1 saturated heterocycles.